The predicted octanol–water partition coefficient (Wildman–Crippen LogP) is 1.98. The lowest BCUT2D eigenvalue weighted by atomic mass is 9.83. The fourth-order valence-corrected chi connectivity index (χ4v) is 2.25. The second-order valence-electron chi connectivity index (χ2n) is 5.97. The van der Waals surface area contributed by atoms with Crippen LogP contribution < -0.4 is 14.8 Å². The number of hydrogen-bond acceptors (Lipinski definition) is 5. The Labute approximate surface area is 148 Å². The molecule has 0 saturated heterocycles. The zero-order valence-corrected chi connectivity index (χ0v) is 15.4. The smallest absolute Gasteiger partial charge is 0.328 e. The molecule has 0 fully saturated rings. The first kappa shape index (κ1) is 20.8. The van der Waals surface area contributed by atoms with E-state index in [-0.39, 0.29) is 6.61 Å². The minimum absolute atomic E-state index is 0.107. The molecule has 1 rings (SSSR count). The average Bonchev–Trinajstić information content (AvgIpc) is 2.56. The molecule has 0 saturated carbocycles. The molecule has 7 heteroatoms. The molecule has 0 spiro atoms. The van der Waals surface area contributed by atoms with Gasteiger partial charge in [0.2, 0.25) is 5.91 Å². The standard InChI is InChI=1S/C18H27NO6/c1-6-24-14-9-8-12(10-15(14)25-7-2)18(3,4)17(22)19-13(11-23-5)16(20)21/h8-10,13H,6-7,11H2,1-5H3,(H,19,22)(H,20,21). The topological polar surface area (TPSA) is 94.1 Å². The molecule has 25 heavy (non-hydrogen) atoms. The Hall–Kier alpha value is -2.28. The maximum absolute atomic E-state index is 12.6. The summed E-state index contributed by atoms with van der Waals surface area (Å²) >= 11 is 0. The van der Waals surface area contributed by atoms with Gasteiger partial charge in [-0.2, -0.15) is 0 Å². The third-order valence-corrected chi connectivity index (χ3v) is 3.77. The number of carbonyl (C=O) groups excluding carboxylic acids is 1. The third kappa shape index (κ3) is 5.35. The van der Waals surface area contributed by atoms with Gasteiger partial charge >= 0.3 is 5.97 Å². The molecule has 0 heterocycles. The van der Waals surface area contributed by atoms with Crippen LogP contribution in [-0.2, 0) is 19.7 Å². The van der Waals surface area contributed by atoms with Crippen LogP contribution >= 0.6 is 0 Å². The lowest BCUT2D eigenvalue weighted by Crippen LogP contribution is -2.50. The van der Waals surface area contributed by atoms with Crippen molar-refractivity contribution >= 4 is 11.9 Å². The van der Waals surface area contributed by atoms with Gasteiger partial charge in [0.25, 0.3) is 0 Å². The van der Waals surface area contributed by atoms with Crippen LogP contribution in [-0.4, -0.2) is 50.0 Å². The first-order chi connectivity index (χ1) is 11.8. The molecule has 1 amide bonds. The van der Waals surface area contributed by atoms with Crippen molar-refractivity contribution in [2.75, 3.05) is 26.9 Å². The number of methoxy groups -OCH3 is 1. The molecular formula is C18H27NO6. The summed E-state index contributed by atoms with van der Waals surface area (Å²) in [5.74, 6) is -0.405. The molecule has 0 aromatic heterocycles. The molecular weight excluding hydrogens is 326 g/mol. The Bertz CT molecular complexity index is 599. The molecule has 1 aromatic rings. The molecule has 0 radical (unpaired) electrons. The van der Waals surface area contributed by atoms with Gasteiger partial charge in [0.1, 0.15) is 0 Å². The largest absolute Gasteiger partial charge is 0.490 e. The van der Waals surface area contributed by atoms with Crippen molar-refractivity contribution in [3.05, 3.63) is 23.8 Å². The molecule has 1 unspecified atom stereocenters. The van der Waals surface area contributed by atoms with E-state index in [1.165, 1.54) is 7.11 Å². The van der Waals surface area contributed by atoms with E-state index in [4.69, 9.17) is 19.3 Å². The number of benzene rings is 1. The summed E-state index contributed by atoms with van der Waals surface area (Å²) in [5.41, 5.74) is -0.267. The summed E-state index contributed by atoms with van der Waals surface area (Å²) in [7, 11) is 1.38. The van der Waals surface area contributed by atoms with E-state index in [9.17, 15) is 9.59 Å². The first-order valence-electron chi connectivity index (χ1n) is 8.20. The van der Waals surface area contributed by atoms with Crippen molar-refractivity contribution < 1.29 is 28.9 Å². The Balaban J connectivity index is 3.08. The van der Waals surface area contributed by atoms with E-state index >= 15 is 0 Å². The lowest BCUT2D eigenvalue weighted by molar-refractivity contribution is -0.144. The average molecular weight is 353 g/mol. The van der Waals surface area contributed by atoms with Gasteiger partial charge in [0.15, 0.2) is 17.5 Å². The van der Waals surface area contributed by atoms with Crippen molar-refractivity contribution in [1.82, 2.24) is 5.32 Å². The zero-order valence-electron chi connectivity index (χ0n) is 15.4. The van der Waals surface area contributed by atoms with E-state index < -0.39 is 23.3 Å². The van der Waals surface area contributed by atoms with Crippen molar-refractivity contribution in [2.45, 2.75) is 39.2 Å². The van der Waals surface area contributed by atoms with Gasteiger partial charge in [-0.15, -0.1) is 0 Å². The van der Waals surface area contributed by atoms with Gasteiger partial charge in [0.05, 0.1) is 25.2 Å². The van der Waals surface area contributed by atoms with Gasteiger partial charge in [0, 0.05) is 7.11 Å². The highest BCUT2D eigenvalue weighted by atomic mass is 16.5. The van der Waals surface area contributed by atoms with Crippen molar-refractivity contribution in [2.24, 2.45) is 0 Å². The van der Waals surface area contributed by atoms with E-state index in [1.54, 1.807) is 32.0 Å². The number of amides is 1. The molecule has 0 aliphatic heterocycles. The number of carboxylic acids is 1. The Morgan fingerprint density at radius 2 is 1.76 bits per heavy atom. The molecule has 1 atom stereocenters. The SMILES string of the molecule is CCOc1ccc(C(C)(C)C(=O)NC(COC)C(=O)O)cc1OCC. The highest BCUT2D eigenvalue weighted by molar-refractivity contribution is 5.91. The van der Waals surface area contributed by atoms with Crippen LogP contribution in [0.25, 0.3) is 0 Å². The summed E-state index contributed by atoms with van der Waals surface area (Å²) in [4.78, 5) is 23.8. The lowest BCUT2D eigenvalue weighted by Gasteiger charge is -2.27. The molecule has 1 aromatic carbocycles. The number of carboxylic acid groups (broad SMARTS) is 1. The second-order valence-corrected chi connectivity index (χ2v) is 5.97. The number of ether oxygens (including phenoxy) is 3. The van der Waals surface area contributed by atoms with Crippen LogP contribution in [0.3, 0.4) is 0 Å². The van der Waals surface area contributed by atoms with E-state index in [0.29, 0.717) is 30.3 Å². The number of rotatable bonds is 10. The van der Waals surface area contributed by atoms with Crippen LogP contribution in [0.2, 0.25) is 0 Å². The quantitative estimate of drug-likeness (QED) is 0.668. The van der Waals surface area contributed by atoms with E-state index in [1.807, 2.05) is 13.8 Å². The van der Waals surface area contributed by atoms with Crippen molar-refractivity contribution in [3.63, 3.8) is 0 Å². The van der Waals surface area contributed by atoms with E-state index in [2.05, 4.69) is 5.32 Å². The van der Waals surface area contributed by atoms with Gasteiger partial charge in [-0.25, -0.2) is 4.79 Å². The molecule has 0 aliphatic rings. The van der Waals surface area contributed by atoms with Crippen LogP contribution in [0, 0.1) is 0 Å². The molecule has 2 N–H and O–H groups in total. The molecule has 0 aliphatic carbocycles. The monoisotopic (exact) mass is 353 g/mol. The van der Waals surface area contributed by atoms with Gasteiger partial charge in [-0.1, -0.05) is 6.07 Å². The molecule has 140 valence electrons. The van der Waals surface area contributed by atoms with Crippen molar-refractivity contribution in [3.8, 4) is 11.5 Å². The molecule has 0 bridgehead atoms. The maximum atomic E-state index is 12.6. The van der Waals surface area contributed by atoms with Crippen LogP contribution in [0.4, 0.5) is 0 Å². The number of carbonyl (C=O) groups is 2. The summed E-state index contributed by atoms with van der Waals surface area (Å²) < 4.78 is 16.0. The molecule has 7 nitrogen and oxygen atoms in total. The van der Waals surface area contributed by atoms with Crippen LogP contribution in [0.15, 0.2) is 18.2 Å². The third-order valence-electron chi connectivity index (χ3n) is 3.77. The second kappa shape index (κ2) is 9.27. The van der Waals surface area contributed by atoms with E-state index in [0.717, 1.165) is 0 Å². The minimum atomic E-state index is -1.15. The Morgan fingerprint density at radius 3 is 2.28 bits per heavy atom. The van der Waals surface area contributed by atoms with Gasteiger partial charge in [-0.3, -0.25) is 4.79 Å². The maximum Gasteiger partial charge on any atom is 0.328 e. The minimum Gasteiger partial charge on any atom is -0.490 e. The summed E-state index contributed by atoms with van der Waals surface area (Å²) in [6, 6.07) is 4.17. The number of nitrogens with one attached hydrogen (secondary N) is 1. The predicted molar refractivity (Wildman–Crippen MR) is 93.2 cm³/mol. The van der Waals surface area contributed by atoms with Crippen LogP contribution in [0.1, 0.15) is 33.3 Å². The first-order valence-corrected chi connectivity index (χ1v) is 8.20. The number of aliphatic carboxylic acids is 1. The Morgan fingerprint density at radius 1 is 1.16 bits per heavy atom. The Kier molecular flexibility index (Phi) is 7.70. The normalized spacial score (nSPS) is 12.4. The summed E-state index contributed by atoms with van der Waals surface area (Å²) in [6.45, 7) is 8.04. The fourth-order valence-electron chi connectivity index (χ4n) is 2.25. The highest BCUT2D eigenvalue weighted by Gasteiger charge is 2.33. The van der Waals surface area contributed by atoms with Crippen LogP contribution in [0.5, 0.6) is 11.5 Å². The van der Waals surface area contributed by atoms with Gasteiger partial charge < -0.3 is 24.6 Å². The van der Waals surface area contributed by atoms with Crippen molar-refractivity contribution in [1.29, 1.82) is 0 Å². The summed E-state index contributed by atoms with van der Waals surface area (Å²) in [6.07, 6.45) is 0. The fraction of sp³-hybridized carbons (Fsp3) is 0.556. The highest BCUT2D eigenvalue weighted by Crippen LogP contribution is 2.34. The van der Waals surface area contributed by atoms with Gasteiger partial charge in [-0.05, 0) is 45.4 Å². The summed E-state index contributed by atoms with van der Waals surface area (Å²) in [5, 5.41) is 11.7. The number of hydrogen-bond donors (Lipinski definition) is 2. The zero-order chi connectivity index (χ0) is 19.0.